The highest BCUT2D eigenvalue weighted by molar-refractivity contribution is 7.89. The highest BCUT2D eigenvalue weighted by atomic mass is 32.2. The molecule has 0 saturated heterocycles. The minimum absolute atomic E-state index is 0.0494. The van der Waals surface area contributed by atoms with Crippen molar-refractivity contribution in [2.24, 2.45) is 0 Å². The number of hydrogen-bond acceptors (Lipinski definition) is 5. The maximum atomic E-state index is 12.6. The maximum absolute atomic E-state index is 12.6. The van der Waals surface area contributed by atoms with Crippen molar-refractivity contribution >= 4 is 15.9 Å². The number of amides is 1. The van der Waals surface area contributed by atoms with Gasteiger partial charge < -0.3 is 14.8 Å². The number of aryl methyl sites for hydroxylation is 4. The Morgan fingerprint density at radius 3 is 2.24 bits per heavy atom. The van der Waals surface area contributed by atoms with Crippen LogP contribution in [0.5, 0.6) is 11.5 Å². The molecule has 0 fully saturated rings. The van der Waals surface area contributed by atoms with E-state index in [4.69, 9.17) is 9.47 Å². The minimum Gasteiger partial charge on any atom is -0.495 e. The molecule has 2 rings (SSSR count). The summed E-state index contributed by atoms with van der Waals surface area (Å²) < 4.78 is 38.3. The number of sulfonamides is 1. The largest absolute Gasteiger partial charge is 0.495 e. The van der Waals surface area contributed by atoms with E-state index in [2.05, 4.69) is 10.0 Å². The summed E-state index contributed by atoms with van der Waals surface area (Å²) in [5.41, 5.74) is 4.02. The number of hydrogen-bond donors (Lipinski definition) is 2. The molecule has 0 spiro atoms. The Bertz CT molecular complexity index is 987. The first-order valence-electron chi connectivity index (χ1n) is 9.25. The first-order valence-corrected chi connectivity index (χ1v) is 10.7. The van der Waals surface area contributed by atoms with Gasteiger partial charge in [-0.25, -0.2) is 13.1 Å². The zero-order chi connectivity index (χ0) is 21.6. The van der Waals surface area contributed by atoms with Crippen LogP contribution >= 0.6 is 0 Å². The molecule has 8 heteroatoms. The average Bonchev–Trinajstić information content (AvgIpc) is 2.67. The number of rotatable bonds is 9. The number of benzene rings is 2. The number of carbonyl (C=O) groups excluding carboxylic acids is 1. The van der Waals surface area contributed by atoms with E-state index in [9.17, 15) is 13.2 Å². The van der Waals surface area contributed by atoms with Crippen molar-refractivity contribution in [3.8, 4) is 11.5 Å². The van der Waals surface area contributed by atoms with Gasteiger partial charge in [-0.05, 0) is 74.2 Å². The lowest BCUT2D eigenvalue weighted by Gasteiger charge is -2.13. The second-order valence-corrected chi connectivity index (χ2v) is 8.61. The van der Waals surface area contributed by atoms with Gasteiger partial charge in [0.15, 0.2) is 6.61 Å². The molecule has 0 aromatic heterocycles. The van der Waals surface area contributed by atoms with Gasteiger partial charge >= 0.3 is 0 Å². The van der Waals surface area contributed by atoms with Crippen LogP contribution in [0.1, 0.15) is 22.3 Å². The van der Waals surface area contributed by atoms with E-state index in [0.29, 0.717) is 5.75 Å². The molecular formula is C21H28N2O5S. The van der Waals surface area contributed by atoms with Crippen LogP contribution in [0.2, 0.25) is 0 Å². The van der Waals surface area contributed by atoms with Crippen LogP contribution in [-0.2, 0) is 14.8 Å². The van der Waals surface area contributed by atoms with Crippen molar-refractivity contribution in [3.05, 3.63) is 52.6 Å². The molecule has 0 aliphatic heterocycles. The standard InChI is InChI=1S/C21H28N2O5S/c1-14-6-7-18(10-15(14)2)28-13-21(24)22-8-9-23-29(25,26)20-12-17(4)16(3)11-19(20)27-5/h6-7,10-12,23H,8-9,13H2,1-5H3,(H,22,24). The summed E-state index contributed by atoms with van der Waals surface area (Å²) in [6.07, 6.45) is 0. The van der Waals surface area contributed by atoms with E-state index in [1.807, 2.05) is 39.8 Å². The third-order valence-electron chi connectivity index (χ3n) is 4.66. The van der Waals surface area contributed by atoms with Crippen LogP contribution in [0.15, 0.2) is 35.2 Å². The Morgan fingerprint density at radius 1 is 0.931 bits per heavy atom. The Balaban J connectivity index is 1.84. The zero-order valence-corrected chi connectivity index (χ0v) is 18.3. The molecule has 0 aliphatic rings. The normalized spacial score (nSPS) is 11.2. The van der Waals surface area contributed by atoms with Gasteiger partial charge in [0.25, 0.3) is 5.91 Å². The van der Waals surface area contributed by atoms with Gasteiger partial charge in [0.05, 0.1) is 7.11 Å². The van der Waals surface area contributed by atoms with E-state index in [-0.39, 0.29) is 36.2 Å². The lowest BCUT2D eigenvalue weighted by atomic mass is 10.1. The molecular weight excluding hydrogens is 392 g/mol. The third-order valence-corrected chi connectivity index (χ3v) is 6.14. The fourth-order valence-electron chi connectivity index (χ4n) is 2.60. The van der Waals surface area contributed by atoms with Crippen molar-refractivity contribution in [1.29, 1.82) is 0 Å². The first-order chi connectivity index (χ1) is 13.6. The average molecular weight is 421 g/mol. The van der Waals surface area contributed by atoms with Gasteiger partial charge in [-0.1, -0.05) is 6.07 Å². The van der Waals surface area contributed by atoms with Crippen LogP contribution in [0.4, 0.5) is 0 Å². The molecule has 2 N–H and O–H groups in total. The molecule has 0 atom stereocenters. The third kappa shape index (κ3) is 6.20. The molecule has 0 saturated carbocycles. The summed E-state index contributed by atoms with van der Waals surface area (Å²) >= 11 is 0. The molecule has 2 aromatic carbocycles. The zero-order valence-electron chi connectivity index (χ0n) is 17.5. The maximum Gasteiger partial charge on any atom is 0.257 e. The van der Waals surface area contributed by atoms with E-state index in [1.54, 1.807) is 18.2 Å². The predicted octanol–water partition coefficient (Wildman–Crippen LogP) is 2.40. The summed E-state index contributed by atoms with van der Waals surface area (Å²) in [4.78, 5) is 12.0. The first kappa shape index (κ1) is 22.7. The Hall–Kier alpha value is -2.58. The molecule has 0 radical (unpaired) electrons. The van der Waals surface area contributed by atoms with Crippen LogP contribution in [0.3, 0.4) is 0 Å². The van der Waals surface area contributed by atoms with E-state index in [0.717, 1.165) is 22.3 Å². The summed E-state index contributed by atoms with van der Waals surface area (Å²) in [6.45, 7) is 7.75. The smallest absolute Gasteiger partial charge is 0.257 e. The molecule has 0 heterocycles. The van der Waals surface area contributed by atoms with Gasteiger partial charge in [-0.2, -0.15) is 0 Å². The number of ether oxygens (including phenoxy) is 2. The van der Waals surface area contributed by atoms with Gasteiger partial charge in [0.2, 0.25) is 10.0 Å². The summed E-state index contributed by atoms with van der Waals surface area (Å²) in [5.74, 6) is 0.573. The predicted molar refractivity (Wildman–Crippen MR) is 112 cm³/mol. The van der Waals surface area contributed by atoms with Crippen molar-refractivity contribution in [3.63, 3.8) is 0 Å². The minimum atomic E-state index is -3.76. The van der Waals surface area contributed by atoms with Gasteiger partial charge in [0.1, 0.15) is 16.4 Å². The Kier molecular flexibility index (Phi) is 7.64. The highest BCUT2D eigenvalue weighted by Gasteiger charge is 2.20. The van der Waals surface area contributed by atoms with E-state index >= 15 is 0 Å². The van der Waals surface area contributed by atoms with Crippen LogP contribution in [0, 0.1) is 27.7 Å². The summed E-state index contributed by atoms with van der Waals surface area (Å²) in [7, 11) is -2.33. The summed E-state index contributed by atoms with van der Waals surface area (Å²) in [5, 5.41) is 2.63. The van der Waals surface area contributed by atoms with Gasteiger partial charge in [0, 0.05) is 13.1 Å². The van der Waals surface area contributed by atoms with Crippen molar-refractivity contribution in [2.75, 3.05) is 26.8 Å². The fourth-order valence-corrected chi connectivity index (χ4v) is 3.87. The second-order valence-electron chi connectivity index (χ2n) is 6.87. The van der Waals surface area contributed by atoms with Crippen LogP contribution < -0.4 is 19.5 Å². The molecule has 0 aliphatic carbocycles. The van der Waals surface area contributed by atoms with Gasteiger partial charge in [-0.3, -0.25) is 4.79 Å². The van der Waals surface area contributed by atoms with Crippen molar-refractivity contribution in [1.82, 2.24) is 10.0 Å². The molecule has 158 valence electrons. The molecule has 7 nitrogen and oxygen atoms in total. The number of methoxy groups -OCH3 is 1. The monoisotopic (exact) mass is 420 g/mol. The highest BCUT2D eigenvalue weighted by Crippen LogP contribution is 2.27. The molecule has 1 amide bonds. The number of carbonyl (C=O) groups is 1. The van der Waals surface area contributed by atoms with E-state index in [1.165, 1.54) is 7.11 Å². The van der Waals surface area contributed by atoms with Gasteiger partial charge in [-0.15, -0.1) is 0 Å². The Labute approximate surface area is 172 Å². The molecule has 0 unspecified atom stereocenters. The van der Waals surface area contributed by atoms with Crippen molar-refractivity contribution < 1.29 is 22.7 Å². The topological polar surface area (TPSA) is 93.7 Å². The second kappa shape index (κ2) is 9.76. The lowest BCUT2D eigenvalue weighted by molar-refractivity contribution is -0.123. The number of nitrogens with one attached hydrogen (secondary N) is 2. The molecule has 2 aromatic rings. The van der Waals surface area contributed by atoms with Crippen molar-refractivity contribution in [2.45, 2.75) is 32.6 Å². The van der Waals surface area contributed by atoms with Crippen LogP contribution in [0.25, 0.3) is 0 Å². The Morgan fingerprint density at radius 2 is 1.59 bits per heavy atom. The fraction of sp³-hybridized carbons (Fsp3) is 0.381. The molecule has 0 bridgehead atoms. The quantitative estimate of drug-likeness (QED) is 0.608. The lowest BCUT2D eigenvalue weighted by Crippen LogP contribution is -2.36. The summed E-state index contributed by atoms with van der Waals surface area (Å²) in [6, 6.07) is 8.87. The van der Waals surface area contributed by atoms with Crippen LogP contribution in [-0.4, -0.2) is 41.1 Å². The SMILES string of the molecule is COc1cc(C)c(C)cc1S(=O)(=O)NCCNC(=O)COc1ccc(C)c(C)c1. The van der Waals surface area contributed by atoms with E-state index < -0.39 is 10.0 Å². The molecule has 29 heavy (non-hydrogen) atoms.